The predicted molar refractivity (Wildman–Crippen MR) is 79.4 cm³/mol. The van der Waals surface area contributed by atoms with Gasteiger partial charge < -0.3 is 14.5 Å². The van der Waals surface area contributed by atoms with Crippen molar-refractivity contribution < 1.29 is 18.3 Å². The number of carbonyl (C=O) groups is 1. The van der Waals surface area contributed by atoms with Crippen LogP contribution < -0.4 is 5.32 Å². The van der Waals surface area contributed by atoms with Crippen LogP contribution in [0, 0.1) is 12.7 Å². The first-order chi connectivity index (χ1) is 10.6. The van der Waals surface area contributed by atoms with E-state index in [1.165, 1.54) is 18.4 Å². The number of rotatable bonds is 3. The molecule has 1 N–H and O–H groups in total. The summed E-state index contributed by atoms with van der Waals surface area (Å²) in [4.78, 5) is 12.3. The molecule has 0 bridgehead atoms. The Labute approximate surface area is 132 Å². The normalized spacial score (nSPS) is 21.0. The highest BCUT2D eigenvalue weighted by Crippen LogP contribution is 2.31. The highest BCUT2D eigenvalue weighted by Gasteiger charge is 2.32. The number of amides is 1. The standard InChI is InChI=1S/C16H15ClFNO3/c1-9-11(4-6-21-9)16(20)19-14-5-7-22-15(14)10-2-3-12(17)13(18)8-10/h2-4,6,8,14-15H,5,7H2,1H3,(H,19,20)/t14-,15-/m1/s1. The van der Waals surface area contributed by atoms with Crippen LogP contribution in [-0.4, -0.2) is 18.6 Å². The van der Waals surface area contributed by atoms with Crippen LogP contribution in [0.2, 0.25) is 5.02 Å². The fourth-order valence-corrected chi connectivity index (χ4v) is 2.74. The largest absolute Gasteiger partial charge is 0.469 e. The van der Waals surface area contributed by atoms with Crippen molar-refractivity contribution in [1.82, 2.24) is 5.32 Å². The monoisotopic (exact) mass is 323 g/mol. The second-order valence-electron chi connectivity index (χ2n) is 5.22. The van der Waals surface area contributed by atoms with Crippen molar-refractivity contribution in [3.63, 3.8) is 0 Å². The van der Waals surface area contributed by atoms with E-state index in [0.29, 0.717) is 29.9 Å². The molecule has 1 saturated heterocycles. The van der Waals surface area contributed by atoms with E-state index >= 15 is 0 Å². The van der Waals surface area contributed by atoms with Crippen molar-refractivity contribution in [3.05, 3.63) is 58.3 Å². The highest BCUT2D eigenvalue weighted by molar-refractivity contribution is 6.30. The second kappa shape index (κ2) is 6.10. The molecule has 22 heavy (non-hydrogen) atoms. The zero-order valence-corrected chi connectivity index (χ0v) is 12.7. The van der Waals surface area contributed by atoms with Crippen LogP contribution in [0.15, 0.2) is 34.9 Å². The summed E-state index contributed by atoms with van der Waals surface area (Å²) < 4.78 is 24.4. The van der Waals surface area contributed by atoms with Crippen LogP contribution in [0.3, 0.4) is 0 Å². The first kappa shape index (κ1) is 15.1. The summed E-state index contributed by atoms with van der Waals surface area (Å²) >= 11 is 5.70. The van der Waals surface area contributed by atoms with E-state index in [4.69, 9.17) is 20.8 Å². The minimum Gasteiger partial charge on any atom is -0.469 e. The maximum atomic E-state index is 13.6. The Bertz CT molecular complexity index is 700. The number of furan rings is 1. The zero-order valence-electron chi connectivity index (χ0n) is 11.9. The second-order valence-corrected chi connectivity index (χ2v) is 5.63. The van der Waals surface area contributed by atoms with Crippen molar-refractivity contribution in [1.29, 1.82) is 0 Å². The third kappa shape index (κ3) is 2.87. The van der Waals surface area contributed by atoms with Crippen LogP contribution in [0.25, 0.3) is 0 Å². The van der Waals surface area contributed by atoms with Gasteiger partial charge in [-0.2, -0.15) is 0 Å². The fraction of sp³-hybridized carbons (Fsp3) is 0.312. The Hall–Kier alpha value is -1.85. The Morgan fingerprint density at radius 1 is 1.41 bits per heavy atom. The third-order valence-corrected chi connectivity index (χ3v) is 4.09. The van der Waals surface area contributed by atoms with Gasteiger partial charge in [-0.3, -0.25) is 4.79 Å². The van der Waals surface area contributed by atoms with Crippen LogP contribution in [0.4, 0.5) is 4.39 Å². The summed E-state index contributed by atoms with van der Waals surface area (Å²) in [7, 11) is 0. The summed E-state index contributed by atoms with van der Waals surface area (Å²) in [5.74, 6) is -0.155. The molecule has 2 heterocycles. The number of carbonyl (C=O) groups excluding carboxylic acids is 1. The molecular formula is C16H15ClFNO3. The molecule has 1 aliphatic rings. The Morgan fingerprint density at radius 3 is 2.91 bits per heavy atom. The minimum absolute atomic E-state index is 0.0661. The van der Waals surface area contributed by atoms with Crippen molar-refractivity contribution in [2.24, 2.45) is 0 Å². The summed E-state index contributed by atoms with van der Waals surface area (Å²) in [6, 6.07) is 5.96. The van der Waals surface area contributed by atoms with Crippen LogP contribution >= 0.6 is 11.6 Å². The van der Waals surface area contributed by atoms with Gasteiger partial charge in [0.15, 0.2) is 0 Å². The first-order valence-electron chi connectivity index (χ1n) is 6.98. The molecule has 0 unspecified atom stereocenters. The average molecular weight is 324 g/mol. The lowest BCUT2D eigenvalue weighted by Gasteiger charge is -2.20. The lowest BCUT2D eigenvalue weighted by Crippen LogP contribution is -2.36. The molecule has 1 aromatic heterocycles. The lowest BCUT2D eigenvalue weighted by molar-refractivity contribution is 0.0819. The molecule has 2 aromatic rings. The van der Waals surface area contributed by atoms with Gasteiger partial charge in [-0.15, -0.1) is 0 Å². The van der Waals surface area contributed by atoms with Gasteiger partial charge >= 0.3 is 0 Å². The molecule has 2 atom stereocenters. The molecule has 0 aliphatic carbocycles. The Kier molecular flexibility index (Phi) is 4.18. The van der Waals surface area contributed by atoms with Gasteiger partial charge in [0.05, 0.1) is 22.9 Å². The molecule has 3 rings (SSSR count). The highest BCUT2D eigenvalue weighted by atomic mass is 35.5. The molecule has 6 heteroatoms. The summed E-state index contributed by atoms with van der Waals surface area (Å²) in [5.41, 5.74) is 1.15. The van der Waals surface area contributed by atoms with Gasteiger partial charge in [-0.25, -0.2) is 4.39 Å². The molecule has 1 fully saturated rings. The topological polar surface area (TPSA) is 51.5 Å². The fourth-order valence-electron chi connectivity index (χ4n) is 2.62. The SMILES string of the molecule is Cc1occc1C(=O)N[C@@H]1CCO[C@@H]1c1ccc(Cl)c(F)c1. The molecule has 1 aliphatic heterocycles. The van der Waals surface area contributed by atoms with Crippen LogP contribution in [-0.2, 0) is 4.74 Å². The molecule has 0 saturated carbocycles. The maximum Gasteiger partial charge on any atom is 0.255 e. The number of benzene rings is 1. The quantitative estimate of drug-likeness (QED) is 0.938. The smallest absolute Gasteiger partial charge is 0.255 e. The van der Waals surface area contributed by atoms with Gasteiger partial charge in [-0.05, 0) is 37.1 Å². The van der Waals surface area contributed by atoms with Gasteiger partial charge in [0, 0.05) is 6.61 Å². The number of hydrogen-bond donors (Lipinski definition) is 1. The minimum atomic E-state index is -0.495. The third-order valence-electron chi connectivity index (χ3n) is 3.78. The summed E-state index contributed by atoms with van der Waals surface area (Å²) in [6.07, 6.45) is 1.75. The molecule has 1 amide bonds. The zero-order chi connectivity index (χ0) is 15.7. The molecule has 0 radical (unpaired) electrons. The van der Waals surface area contributed by atoms with E-state index in [0.717, 1.165) is 0 Å². The number of ether oxygens (including phenoxy) is 1. The van der Waals surface area contributed by atoms with Crippen LogP contribution in [0.1, 0.15) is 34.2 Å². The van der Waals surface area contributed by atoms with Crippen molar-refractivity contribution >= 4 is 17.5 Å². The molecule has 4 nitrogen and oxygen atoms in total. The molecule has 1 aromatic carbocycles. The first-order valence-corrected chi connectivity index (χ1v) is 7.35. The van der Waals surface area contributed by atoms with E-state index in [1.807, 2.05) is 0 Å². The van der Waals surface area contributed by atoms with E-state index in [9.17, 15) is 9.18 Å². The van der Waals surface area contributed by atoms with Crippen molar-refractivity contribution in [3.8, 4) is 0 Å². The van der Waals surface area contributed by atoms with E-state index in [2.05, 4.69) is 5.32 Å². The summed E-state index contributed by atoms with van der Waals surface area (Å²) in [6.45, 7) is 2.23. The summed E-state index contributed by atoms with van der Waals surface area (Å²) in [5, 5.41) is 2.99. The molecule has 0 spiro atoms. The number of aryl methyl sites for hydroxylation is 1. The number of hydrogen-bond acceptors (Lipinski definition) is 3. The van der Waals surface area contributed by atoms with Crippen molar-refractivity contribution in [2.45, 2.75) is 25.5 Å². The Morgan fingerprint density at radius 2 is 2.23 bits per heavy atom. The van der Waals surface area contributed by atoms with E-state index in [-0.39, 0.29) is 23.1 Å². The van der Waals surface area contributed by atoms with Gasteiger partial charge in [-0.1, -0.05) is 17.7 Å². The van der Waals surface area contributed by atoms with E-state index < -0.39 is 5.82 Å². The number of halogens is 2. The van der Waals surface area contributed by atoms with Crippen LogP contribution in [0.5, 0.6) is 0 Å². The Balaban J connectivity index is 1.77. The molecular weight excluding hydrogens is 309 g/mol. The maximum absolute atomic E-state index is 13.6. The van der Waals surface area contributed by atoms with Gasteiger partial charge in [0.2, 0.25) is 0 Å². The van der Waals surface area contributed by atoms with Gasteiger partial charge in [0.1, 0.15) is 17.7 Å². The van der Waals surface area contributed by atoms with Gasteiger partial charge in [0.25, 0.3) is 5.91 Å². The average Bonchev–Trinajstić information content (AvgIpc) is 3.11. The van der Waals surface area contributed by atoms with E-state index in [1.54, 1.807) is 19.1 Å². The molecule has 116 valence electrons. The van der Waals surface area contributed by atoms with Crippen molar-refractivity contribution in [2.75, 3.05) is 6.61 Å². The number of nitrogens with one attached hydrogen (secondary N) is 1. The lowest BCUT2D eigenvalue weighted by atomic mass is 10.0. The predicted octanol–water partition coefficient (Wildman–Crippen LogP) is 3.64.